The van der Waals surface area contributed by atoms with Gasteiger partial charge < -0.3 is 20.7 Å². The quantitative estimate of drug-likeness (QED) is 0.725. The molecule has 0 aliphatic carbocycles. The van der Waals surface area contributed by atoms with Crippen molar-refractivity contribution in [1.82, 2.24) is 10.2 Å². The van der Waals surface area contributed by atoms with Gasteiger partial charge in [0.15, 0.2) is 6.61 Å². The van der Waals surface area contributed by atoms with Gasteiger partial charge in [0.2, 0.25) is 0 Å². The lowest BCUT2D eigenvalue weighted by Gasteiger charge is -2.16. The second-order valence-corrected chi connectivity index (χ2v) is 4.92. The van der Waals surface area contributed by atoms with Crippen LogP contribution in [0.25, 0.3) is 0 Å². The third-order valence-electron chi connectivity index (χ3n) is 2.64. The van der Waals surface area contributed by atoms with Gasteiger partial charge in [0.1, 0.15) is 5.75 Å². The molecule has 19 heavy (non-hydrogen) atoms. The van der Waals surface area contributed by atoms with Gasteiger partial charge >= 0.3 is 0 Å². The Morgan fingerprint density at radius 2 is 2.21 bits per heavy atom. The predicted molar refractivity (Wildman–Crippen MR) is 77.1 cm³/mol. The zero-order chi connectivity index (χ0) is 14.3. The lowest BCUT2D eigenvalue weighted by molar-refractivity contribution is -0.123. The third-order valence-corrected chi connectivity index (χ3v) is 2.64. The van der Waals surface area contributed by atoms with E-state index in [0.29, 0.717) is 11.4 Å². The number of hydrogen-bond donors (Lipinski definition) is 2. The molecule has 1 aromatic carbocycles. The summed E-state index contributed by atoms with van der Waals surface area (Å²) >= 11 is 0. The second-order valence-electron chi connectivity index (χ2n) is 4.92. The van der Waals surface area contributed by atoms with Crippen molar-refractivity contribution >= 4 is 11.6 Å². The van der Waals surface area contributed by atoms with Gasteiger partial charge in [0, 0.05) is 17.8 Å². The van der Waals surface area contributed by atoms with Crippen molar-refractivity contribution in [1.29, 1.82) is 0 Å². The minimum atomic E-state index is -0.117. The van der Waals surface area contributed by atoms with Gasteiger partial charge in [-0.1, -0.05) is 6.07 Å². The Kier molecular flexibility index (Phi) is 6.15. The molecule has 1 aromatic rings. The van der Waals surface area contributed by atoms with Crippen molar-refractivity contribution < 1.29 is 9.53 Å². The van der Waals surface area contributed by atoms with Crippen LogP contribution < -0.4 is 15.8 Å². The van der Waals surface area contributed by atoms with E-state index in [4.69, 9.17) is 10.5 Å². The molecule has 0 spiro atoms. The molecule has 1 amide bonds. The molecule has 0 aromatic heterocycles. The zero-order valence-corrected chi connectivity index (χ0v) is 11.8. The van der Waals surface area contributed by atoms with E-state index in [0.717, 1.165) is 13.0 Å². The van der Waals surface area contributed by atoms with E-state index in [2.05, 4.69) is 10.2 Å². The zero-order valence-electron chi connectivity index (χ0n) is 11.8. The first-order valence-corrected chi connectivity index (χ1v) is 6.40. The van der Waals surface area contributed by atoms with E-state index in [1.54, 1.807) is 24.3 Å². The second kappa shape index (κ2) is 7.63. The van der Waals surface area contributed by atoms with Crippen LogP contribution in [0.4, 0.5) is 5.69 Å². The molecule has 5 nitrogen and oxygen atoms in total. The number of rotatable bonds is 7. The summed E-state index contributed by atoms with van der Waals surface area (Å²) in [6.07, 6.45) is 0.914. The number of carbonyl (C=O) groups is 1. The van der Waals surface area contributed by atoms with Crippen LogP contribution in [0, 0.1) is 0 Å². The summed E-state index contributed by atoms with van der Waals surface area (Å²) in [5, 5.41) is 2.90. The number of nitrogens with zero attached hydrogens (tertiary/aromatic N) is 1. The topological polar surface area (TPSA) is 67.6 Å². The maximum atomic E-state index is 11.7. The molecule has 106 valence electrons. The molecular weight excluding hydrogens is 242 g/mol. The fourth-order valence-corrected chi connectivity index (χ4v) is 1.59. The summed E-state index contributed by atoms with van der Waals surface area (Å²) in [5.41, 5.74) is 6.25. The molecular formula is C14H23N3O2. The summed E-state index contributed by atoms with van der Waals surface area (Å²) in [6, 6.07) is 7.18. The summed E-state index contributed by atoms with van der Waals surface area (Å²) in [7, 11) is 4.02. The number of hydrogen-bond acceptors (Lipinski definition) is 4. The predicted octanol–water partition coefficient (Wildman–Crippen LogP) is 1.10. The lowest BCUT2D eigenvalue weighted by atomic mass is 10.2. The fraction of sp³-hybridized carbons (Fsp3) is 0.500. The SMILES string of the molecule is CC(CCN(C)C)NC(=O)COc1cccc(N)c1. The maximum absolute atomic E-state index is 11.7. The van der Waals surface area contributed by atoms with Crippen LogP contribution in [0.15, 0.2) is 24.3 Å². The Bertz CT molecular complexity index is 407. The number of ether oxygens (including phenoxy) is 1. The molecule has 0 aliphatic heterocycles. The van der Waals surface area contributed by atoms with Gasteiger partial charge in [-0.05, 0) is 46.1 Å². The molecule has 0 saturated heterocycles. The molecule has 0 bridgehead atoms. The molecule has 1 rings (SSSR count). The third kappa shape index (κ3) is 6.67. The fourth-order valence-electron chi connectivity index (χ4n) is 1.59. The van der Waals surface area contributed by atoms with Gasteiger partial charge in [-0.15, -0.1) is 0 Å². The largest absolute Gasteiger partial charge is 0.484 e. The van der Waals surface area contributed by atoms with Crippen LogP contribution in [0.2, 0.25) is 0 Å². The number of nitrogens with two attached hydrogens (primary N) is 1. The average molecular weight is 265 g/mol. The Morgan fingerprint density at radius 1 is 1.47 bits per heavy atom. The molecule has 0 saturated carbocycles. The van der Waals surface area contributed by atoms with Crippen LogP contribution in [-0.4, -0.2) is 44.1 Å². The standard InChI is InChI=1S/C14H23N3O2/c1-11(7-8-17(2)3)16-14(18)10-19-13-6-4-5-12(15)9-13/h4-6,9,11H,7-8,10,15H2,1-3H3,(H,16,18). The van der Waals surface area contributed by atoms with Gasteiger partial charge in [-0.25, -0.2) is 0 Å². The van der Waals surface area contributed by atoms with Crippen molar-refractivity contribution in [2.45, 2.75) is 19.4 Å². The number of anilines is 1. The van der Waals surface area contributed by atoms with Crippen LogP contribution in [0.3, 0.4) is 0 Å². The van der Waals surface area contributed by atoms with E-state index < -0.39 is 0 Å². The minimum Gasteiger partial charge on any atom is -0.484 e. The molecule has 5 heteroatoms. The first-order chi connectivity index (χ1) is 8.97. The van der Waals surface area contributed by atoms with E-state index >= 15 is 0 Å². The van der Waals surface area contributed by atoms with E-state index in [1.807, 2.05) is 21.0 Å². The minimum absolute atomic E-state index is 0.00968. The molecule has 0 heterocycles. The van der Waals surface area contributed by atoms with Crippen LogP contribution in [-0.2, 0) is 4.79 Å². The van der Waals surface area contributed by atoms with E-state index in [1.165, 1.54) is 0 Å². The summed E-state index contributed by atoms with van der Waals surface area (Å²) in [6.45, 7) is 2.94. The number of nitrogen functional groups attached to an aromatic ring is 1. The monoisotopic (exact) mass is 265 g/mol. The summed E-state index contributed by atoms with van der Waals surface area (Å²) < 4.78 is 5.37. The van der Waals surface area contributed by atoms with Crippen molar-refractivity contribution in [3.05, 3.63) is 24.3 Å². The average Bonchev–Trinajstić information content (AvgIpc) is 2.34. The van der Waals surface area contributed by atoms with E-state index in [-0.39, 0.29) is 18.6 Å². The van der Waals surface area contributed by atoms with Crippen LogP contribution in [0.5, 0.6) is 5.75 Å². The highest BCUT2D eigenvalue weighted by Gasteiger charge is 2.08. The smallest absolute Gasteiger partial charge is 0.258 e. The van der Waals surface area contributed by atoms with Gasteiger partial charge in [-0.3, -0.25) is 4.79 Å². The normalized spacial score (nSPS) is 12.2. The Labute approximate surface area is 114 Å². The Balaban J connectivity index is 2.27. The van der Waals surface area contributed by atoms with Crippen LogP contribution in [0.1, 0.15) is 13.3 Å². The van der Waals surface area contributed by atoms with Crippen molar-refractivity contribution in [2.75, 3.05) is 33.0 Å². The number of nitrogens with one attached hydrogen (secondary N) is 1. The van der Waals surface area contributed by atoms with E-state index in [9.17, 15) is 4.79 Å². The molecule has 0 aliphatic rings. The Morgan fingerprint density at radius 3 is 2.84 bits per heavy atom. The molecule has 1 atom stereocenters. The highest BCUT2D eigenvalue weighted by atomic mass is 16.5. The van der Waals surface area contributed by atoms with Gasteiger partial charge in [0.25, 0.3) is 5.91 Å². The van der Waals surface area contributed by atoms with Crippen molar-refractivity contribution in [3.8, 4) is 5.75 Å². The molecule has 0 radical (unpaired) electrons. The maximum Gasteiger partial charge on any atom is 0.258 e. The molecule has 3 N–H and O–H groups in total. The first-order valence-electron chi connectivity index (χ1n) is 6.40. The number of carbonyl (C=O) groups excluding carboxylic acids is 1. The van der Waals surface area contributed by atoms with Crippen molar-refractivity contribution in [2.24, 2.45) is 0 Å². The highest BCUT2D eigenvalue weighted by Crippen LogP contribution is 2.13. The van der Waals surface area contributed by atoms with Crippen molar-refractivity contribution in [3.63, 3.8) is 0 Å². The lowest BCUT2D eigenvalue weighted by Crippen LogP contribution is -2.37. The highest BCUT2D eigenvalue weighted by molar-refractivity contribution is 5.77. The molecule has 1 unspecified atom stereocenters. The number of amides is 1. The number of benzene rings is 1. The summed E-state index contributed by atoms with van der Waals surface area (Å²) in [5.74, 6) is 0.491. The first kappa shape index (κ1) is 15.3. The molecule has 0 fully saturated rings. The summed E-state index contributed by atoms with van der Waals surface area (Å²) in [4.78, 5) is 13.8. The Hall–Kier alpha value is -1.75. The van der Waals surface area contributed by atoms with Gasteiger partial charge in [-0.2, -0.15) is 0 Å². The van der Waals surface area contributed by atoms with Crippen LogP contribution >= 0.6 is 0 Å². The van der Waals surface area contributed by atoms with Gasteiger partial charge in [0.05, 0.1) is 0 Å².